The van der Waals surface area contributed by atoms with Gasteiger partial charge in [0, 0.05) is 17.4 Å². The monoisotopic (exact) mass is 538 g/mol. The Kier molecular flexibility index (Phi) is 5.82. The zero-order valence-corrected chi connectivity index (χ0v) is 22.9. The molecule has 0 unspecified atom stereocenters. The van der Waals surface area contributed by atoms with Gasteiger partial charge in [0.15, 0.2) is 5.78 Å². The van der Waals surface area contributed by atoms with Crippen molar-refractivity contribution >= 4 is 23.4 Å². The van der Waals surface area contributed by atoms with Crippen LogP contribution in [0.3, 0.4) is 0 Å². The zero-order valence-electron chi connectivity index (χ0n) is 22.1. The normalized spacial score (nSPS) is 53.2. The zero-order chi connectivity index (χ0) is 27.6. The number of aliphatic hydroxyl groups is 5. The summed E-state index contributed by atoms with van der Waals surface area (Å²) in [5, 5.41) is 58.1. The fourth-order valence-electron chi connectivity index (χ4n) is 8.98. The summed E-state index contributed by atoms with van der Waals surface area (Å²) in [4.78, 5) is 25.8. The van der Waals surface area contributed by atoms with E-state index in [0.717, 1.165) is 5.57 Å². The molecule has 0 saturated heterocycles. The van der Waals surface area contributed by atoms with E-state index in [-0.39, 0.29) is 37.9 Å². The molecule has 0 radical (unpaired) electrons. The minimum Gasteiger partial charge on any atom is -0.455 e. The SMILES string of the molecule is CC1=C(C)C(=O)O[C@@H]([C@](C)(O)[C@]2(O)CC[C@@]3(O)[C@@H]4C[C@H](Cl)[C@]5(O)[C@@H](O)C=CC(=O)[C@]5(C)[C@H]4CC[C@]23C)C1. The van der Waals surface area contributed by atoms with Crippen LogP contribution in [0.2, 0.25) is 0 Å². The molecule has 0 amide bonds. The van der Waals surface area contributed by atoms with E-state index in [4.69, 9.17) is 16.3 Å². The molecule has 206 valence electrons. The molecule has 11 atom stereocenters. The van der Waals surface area contributed by atoms with Crippen molar-refractivity contribution in [1.29, 1.82) is 0 Å². The number of rotatable bonds is 2. The van der Waals surface area contributed by atoms with Crippen LogP contribution in [-0.4, -0.2) is 77.3 Å². The Morgan fingerprint density at radius 1 is 1.08 bits per heavy atom. The summed E-state index contributed by atoms with van der Waals surface area (Å²) in [6.45, 7) is 8.32. The fourth-order valence-corrected chi connectivity index (χ4v) is 9.53. The van der Waals surface area contributed by atoms with Gasteiger partial charge in [-0.1, -0.05) is 12.5 Å². The largest absolute Gasteiger partial charge is 0.455 e. The van der Waals surface area contributed by atoms with Crippen LogP contribution in [0.4, 0.5) is 0 Å². The number of hydrogen-bond donors (Lipinski definition) is 5. The number of aliphatic hydroxyl groups excluding tert-OH is 1. The number of esters is 1. The molecule has 0 aromatic rings. The molecule has 3 saturated carbocycles. The Hall–Kier alpha value is -1.29. The van der Waals surface area contributed by atoms with Crippen molar-refractivity contribution in [1.82, 2.24) is 0 Å². The summed E-state index contributed by atoms with van der Waals surface area (Å²) >= 11 is 6.75. The van der Waals surface area contributed by atoms with Gasteiger partial charge in [-0.25, -0.2) is 4.79 Å². The highest BCUT2D eigenvalue weighted by Gasteiger charge is 2.79. The quantitative estimate of drug-likeness (QED) is 0.265. The van der Waals surface area contributed by atoms with Gasteiger partial charge in [-0.05, 0) is 83.8 Å². The van der Waals surface area contributed by atoms with Crippen LogP contribution in [0.5, 0.6) is 0 Å². The lowest BCUT2D eigenvalue weighted by molar-refractivity contribution is -0.294. The van der Waals surface area contributed by atoms with E-state index >= 15 is 0 Å². The van der Waals surface area contributed by atoms with Gasteiger partial charge in [-0.3, -0.25) is 4.79 Å². The number of allylic oxidation sites excluding steroid dienone is 1. The Balaban J connectivity index is 1.56. The van der Waals surface area contributed by atoms with Crippen LogP contribution in [0.15, 0.2) is 23.3 Å². The summed E-state index contributed by atoms with van der Waals surface area (Å²) in [5.74, 6) is -1.97. The number of halogens is 1. The Labute approximate surface area is 222 Å². The summed E-state index contributed by atoms with van der Waals surface area (Å²) in [6.07, 6.45) is 1.42. The minimum atomic E-state index is -1.90. The molecule has 0 bridgehead atoms. The predicted molar refractivity (Wildman–Crippen MR) is 134 cm³/mol. The van der Waals surface area contributed by atoms with Crippen molar-refractivity contribution in [2.75, 3.05) is 0 Å². The van der Waals surface area contributed by atoms with E-state index in [9.17, 15) is 35.1 Å². The van der Waals surface area contributed by atoms with Gasteiger partial charge >= 0.3 is 5.97 Å². The number of carbonyl (C=O) groups is 2. The van der Waals surface area contributed by atoms with Gasteiger partial charge in [0.25, 0.3) is 0 Å². The highest BCUT2D eigenvalue weighted by atomic mass is 35.5. The molecule has 3 fully saturated rings. The maximum absolute atomic E-state index is 13.3. The third-order valence-corrected chi connectivity index (χ3v) is 12.4. The summed E-state index contributed by atoms with van der Waals surface area (Å²) in [7, 11) is 0. The standard InChI is InChI=1S/C28H39ClO8/c1-14-12-21(37-22(32)15(14)2)25(5,33)27(35)11-10-26(34)17-13-18(29)28(36)20(31)7-6-19(30)24(28,4)16(17)8-9-23(26,27)3/h6-7,16-18,20-21,31,33-36H,8-13H2,1-5H3/t16-,17+,18-,20-,21+,23-,24-,25-,26+,27-,28-/m0/s1. The van der Waals surface area contributed by atoms with Gasteiger partial charge in [-0.2, -0.15) is 0 Å². The molecule has 1 aliphatic heterocycles. The van der Waals surface area contributed by atoms with Crippen LogP contribution in [-0.2, 0) is 14.3 Å². The maximum atomic E-state index is 13.3. The number of carbonyl (C=O) groups excluding carboxylic acids is 2. The van der Waals surface area contributed by atoms with Crippen molar-refractivity contribution in [2.45, 2.75) is 113 Å². The number of hydrogen-bond acceptors (Lipinski definition) is 8. The van der Waals surface area contributed by atoms with E-state index in [0.29, 0.717) is 12.0 Å². The van der Waals surface area contributed by atoms with Gasteiger partial charge < -0.3 is 30.3 Å². The molecule has 1 heterocycles. The Morgan fingerprint density at radius 2 is 1.73 bits per heavy atom. The molecule has 0 aromatic carbocycles. The molecule has 0 spiro atoms. The van der Waals surface area contributed by atoms with Gasteiger partial charge in [0.1, 0.15) is 29.0 Å². The van der Waals surface area contributed by atoms with E-state index in [1.807, 2.05) is 0 Å². The molecule has 37 heavy (non-hydrogen) atoms. The first kappa shape index (κ1) is 27.3. The third-order valence-electron chi connectivity index (χ3n) is 11.8. The van der Waals surface area contributed by atoms with Gasteiger partial charge in [0.05, 0.1) is 16.4 Å². The van der Waals surface area contributed by atoms with Crippen LogP contribution >= 0.6 is 11.6 Å². The second-order valence-electron chi connectivity index (χ2n) is 12.9. The predicted octanol–water partition coefficient (Wildman–Crippen LogP) is 1.93. The Morgan fingerprint density at radius 3 is 2.35 bits per heavy atom. The molecule has 0 aromatic heterocycles. The molecular formula is C28H39ClO8. The van der Waals surface area contributed by atoms with Crippen molar-refractivity contribution in [3.8, 4) is 0 Å². The highest BCUT2D eigenvalue weighted by Crippen LogP contribution is 2.71. The first-order valence-electron chi connectivity index (χ1n) is 13.2. The second-order valence-corrected chi connectivity index (χ2v) is 13.4. The van der Waals surface area contributed by atoms with E-state index in [1.54, 1.807) is 27.7 Å². The van der Waals surface area contributed by atoms with Crippen molar-refractivity contribution in [3.05, 3.63) is 23.3 Å². The molecule has 9 heteroatoms. The number of cyclic esters (lactones) is 1. The molecular weight excluding hydrogens is 500 g/mol. The molecule has 5 aliphatic rings. The summed E-state index contributed by atoms with van der Waals surface area (Å²) in [5.41, 5.74) is -8.52. The van der Waals surface area contributed by atoms with Gasteiger partial charge in [-0.15, -0.1) is 11.6 Å². The number of fused-ring (bicyclic) bond motifs is 5. The highest BCUT2D eigenvalue weighted by molar-refractivity contribution is 6.22. The van der Waals surface area contributed by atoms with Crippen LogP contribution in [0.25, 0.3) is 0 Å². The van der Waals surface area contributed by atoms with Crippen molar-refractivity contribution in [2.24, 2.45) is 22.7 Å². The fraction of sp³-hybridized carbons (Fsp3) is 0.786. The second kappa shape index (κ2) is 7.89. The minimum absolute atomic E-state index is 0.0520. The van der Waals surface area contributed by atoms with Crippen LogP contribution < -0.4 is 0 Å². The summed E-state index contributed by atoms with van der Waals surface area (Å²) < 4.78 is 5.60. The average molecular weight is 539 g/mol. The number of ketones is 1. The molecule has 8 nitrogen and oxygen atoms in total. The molecule has 5 rings (SSSR count). The lowest BCUT2D eigenvalue weighted by atomic mass is 9.41. The lowest BCUT2D eigenvalue weighted by Gasteiger charge is -2.67. The smallest absolute Gasteiger partial charge is 0.334 e. The first-order valence-corrected chi connectivity index (χ1v) is 13.7. The maximum Gasteiger partial charge on any atom is 0.334 e. The van der Waals surface area contributed by atoms with E-state index < -0.39 is 68.6 Å². The molecule has 4 aliphatic carbocycles. The average Bonchev–Trinajstić information content (AvgIpc) is 3.06. The topological polar surface area (TPSA) is 145 Å². The van der Waals surface area contributed by atoms with E-state index in [2.05, 4.69) is 0 Å². The molecule has 5 N–H and O–H groups in total. The number of ether oxygens (including phenoxy) is 1. The van der Waals surface area contributed by atoms with E-state index in [1.165, 1.54) is 19.1 Å². The van der Waals surface area contributed by atoms with Crippen LogP contribution in [0.1, 0.15) is 73.1 Å². The first-order chi connectivity index (χ1) is 16.9. The van der Waals surface area contributed by atoms with Crippen molar-refractivity contribution in [3.63, 3.8) is 0 Å². The third kappa shape index (κ3) is 2.92. The van der Waals surface area contributed by atoms with Crippen molar-refractivity contribution < 1.29 is 39.9 Å². The summed E-state index contributed by atoms with van der Waals surface area (Å²) in [6, 6.07) is 0. The number of alkyl halides is 1. The Bertz CT molecular complexity index is 1120. The lowest BCUT2D eigenvalue weighted by Crippen LogP contribution is -2.77. The van der Waals surface area contributed by atoms with Crippen LogP contribution in [0, 0.1) is 22.7 Å². The van der Waals surface area contributed by atoms with Gasteiger partial charge in [0.2, 0.25) is 0 Å².